The number of nitrogens with one attached hydrogen (secondary N) is 1. The van der Waals surface area contributed by atoms with E-state index in [0.717, 1.165) is 26.1 Å². The molecule has 0 radical (unpaired) electrons. The minimum Gasteiger partial charge on any atom is -0.385 e. The molecule has 1 N–H and O–H groups in total. The van der Waals surface area contributed by atoms with Crippen LogP contribution < -0.4 is 5.32 Å². The maximum absolute atomic E-state index is 5.69. The number of benzene rings is 1. The van der Waals surface area contributed by atoms with Gasteiger partial charge in [0.1, 0.15) is 0 Å². The highest BCUT2D eigenvalue weighted by atomic mass is 16.5. The van der Waals surface area contributed by atoms with Gasteiger partial charge in [-0.05, 0) is 25.5 Å². The van der Waals surface area contributed by atoms with E-state index < -0.39 is 0 Å². The van der Waals surface area contributed by atoms with E-state index in [0.29, 0.717) is 6.61 Å². The largest absolute Gasteiger partial charge is 0.385 e. The molecule has 0 fully saturated rings. The third-order valence-corrected chi connectivity index (χ3v) is 2.72. The highest BCUT2D eigenvalue weighted by Gasteiger charge is 1.99. The summed E-state index contributed by atoms with van der Waals surface area (Å²) in [6, 6.07) is 10.2. The molecule has 1 unspecified atom stereocenters. The van der Waals surface area contributed by atoms with Crippen molar-refractivity contribution in [3.05, 3.63) is 42.0 Å². The fraction of sp³-hybridized carbons (Fsp3) is 0.500. The number of hydrogen-bond acceptors (Lipinski definition) is 3. The molecule has 1 aromatic carbocycles. The van der Waals surface area contributed by atoms with Gasteiger partial charge in [-0.15, -0.1) is 0 Å². The van der Waals surface area contributed by atoms with Crippen LogP contribution in [0.4, 0.5) is 0 Å². The van der Waals surface area contributed by atoms with Crippen molar-refractivity contribution in [2.75, 3.05) is 33.4 Å². The van der Waals surface area contributed by atoms with Crippen LogP contribution in [0.2, 0.25) is 0 Å². The maximum atomic E-state index is 5.69. The van der Waals surface area contributed by atoms with E-state index in [1.54, 1.807) is 7.11 Å². The third-order valence-electron chi connectivity index (χ3n) is 2.72. The van der Waals surface area contributed by atoms with Crippen LogP contribution in [0.15, 0.2) is 36.4 Å². The monoisotopic (exact) mass is 263 g/mol. The topological polar surface area (TPSA) is 30.5 Å². The molecule has 1 atom stereocenters. The van der Waals surface area contributed by atoms with Crippen LogP contribution in [0.5, 0.6) is 0 Å². The standard InChI is InChI=1S/C16H25NO2/c1-15(14-17-11-7-12-18-2)19-13-6-10-16-8-4-3-5-9-16/h3-6,8-10,15,17H,7,11-14H2,1-2H3. The van der Waals surface area contributed by atoms with E-state index in [9.17, 15) is 0 Å². The molecule has 0 heterocycles. The quantitative estimate of drug-likeness (QED) is 0.658. The van der Waals surface area contributed by atoms with Crippen LogP contribution in [0, 0.1) is 0 Å². The summed E-state index contributed by atoms with van der Waals surface area (Å²) < 4.78 is 10.7. The Morgan fingerprint density at radius 2 is 2.05 bits per heavy atom. The van der Waals surface area contributed by atoms with Crippen LogP contribution in [-0.4, -0.2) is 39.5 Å². The van der Waals surface area contributed by atoms with E-state index in [4.69, 9.17) is 9.47 Å². The molecule has 0 aliphatic heterocycles. The predicted molar refractivity (Wildman–Crippen MR) is 80.3 cm³/mol. The Balaban J connectivity index is 2.04. The first kappa shape index (κ1) is 15.9. The lowest BCUT2D eigenvalue weighted by atomic mass is 10.2. The molecule has 0 aromatic heterocycles. The van der Waals surface area contributed by atoms with Crippen molar-refractivity contribution in [3.63, 3.8) is 0 Å². The van der Waals surface area contributed by atoms with Gasteiger partial charge in [-0.2, -0.15) is 0 Å². The van der Waals surface area contributed by atoms with Crippen molar-refractivity contribution in [1.29, 1.82) is 0 Å². The summed E-state index contributed by atoms with van der Waals surface area (Å²) in [6.45, 7) is 5.39. The minimum atomic E-state index is 0.225. The molecule has 1 aromatic rings. The van der Waals surface area contributed by atoms with Gasteiger partial charge in [0.15, 0.2) is 0 Å². The Hall–Kier alpha value is -1.16. The van der Waals surface area contributed by atoms with Crippen molar-refractivity contribution in [3.8, 4) is 0 Å². The van der Waals surface area contributed by atoms with Crippen LogP contribution in [0.1, 0.15) is 18.9 Å². The number of ether oxygens (including phenoxy) is 2. The fourth-order valence-electron chi connectivity index (χ4n) is 1.67. The third kappa shape index (κ3) is 8.54. The van der Waals surface area contributed by atoms with Crippen molar-refractivity contribution in [2.45, 2.75) is 19.4 Å². The van der Waals surface area contributed by atoms with Crippen molar-refractivity contribution >= 4 is 6.08 Å². The Bertz CT molecular complexity index is 338. The van der Waals surface area contributed by atoms with Gasteiger partial charge in [0.25, 0.3) is 0 Å². The van der Waals surface area contributed by atoms with Gasteiger partial charge in [-0.25, -0.2) is 0 Å². The maximum Gasteiger partial charge on any atom is 0.0675 e. The predicted octanol–water partition coefficient (Wildman–Crippen LogP) is 2.73. The molecular formula is C16H25NO2. The Labute approximate surface area is 116 Å². The second-order valence-electron chi connectivity index (χ2n) is 4.51. The van der Waals surface area contributed by atoms with Gasteiger partial charge in [0.05, 0.1) is 12.7 Å². The Morgan fingerprint density at radius 3 is 2.79 bits per heavy atom. The smallest absolute Gasteiger partial charge is 0.0675 e. The van der Waals surface area contributed by atoms with Crippen molar-refractivity contribution in [1.82, 2.24) is 5.32 Å². The molecule has 19 heavy (non-hydrogen) atoms. The fourth-order valence-corrected chi connectivity index (χ4v) is 1.67. The molecule has 3 heteroatoms. The van der Waals surface area contributed by atoms with Crippen LogP contribution in [0.25, 0.3) is 6.08 Å². The normalized spacial score (nSPS) is 12.9. The van der Waals surface area contributed by atoms with Gasteiger partial charge in [0.2, 0.25) is 0 Å². The van der Waals surface area contributed by atoms with Gasteiger partial charge >= 0.3 is 0 Å². The Kier molecular flexibility index (Phi) is 8.98. The molecule has 0 amide bonds. The molecule has 0 saturated heterocycles. The highest BCUT2D eigenvalue weighted by molar-refractivity contribution is 5.48. The zero-order valence-corrected chi connectivity index (χ0v) is 12.0. The molecule has 106 valence electrons. The van der Waals surface area contributed by atoms with Crippen LogP contribution in [-0.2, 0) is 9.47 Å². The second kappa shape index (κ2) is 10.7. The molecule has 3 nitrogen and oxygen atoms in total. The Morgan fingerprint density at radius 1 is 1.26 bits per heavy atom. The lowest BCUT2D eigenvalue weighted by Crippen LogP contribution is -2.28. The highest BCUT2D eigenvalue weighted by Crippen LogP contribution is 2.01. The summed E-state index contributed by atoms with van der Waals surface area (Å²) in [5, 5.41) is 3.35. The second-order valence-corrected chi connectivity index (χ2v) is 4.51. The molecule has 0 spiro atoms. The van der Waals surface area contributed by atoms with Gasteiger partial charge in [-0.3, -0.25) is 0 Å². The molecular weight excluding hydrogens is 238 g/mol. The SMILES string of the molecule is COCCCNCC(C)OCC=Cc1ccccc1. The molecule has 1 rings (SSSR count). The summed E-state index contributed by atoms with van der Waals surface area (Å²) in [5.41, 5.74) is 1.21. The summed E-state index contributed by atoms with van der Waals surface area (Å²) in [7, 11) is 1.73. The van der Waals surface area contributed by atoms with Crippen LogP contribution in [0.3, 0.4) is 0 Å². The summed E-state index contributed by atoms with van der Waals surface area (Å²) in [4.78, 5) is 0. The number of rotatable bonds is 10. The minimum absolute atomic E-state index is 0.225. The van der Waals surface area contributed by atoms with Gasteiger partial charge in [0, 0.05) is 20.3 Å². The first-order valence-corrected chi connectivity index (χ1v) is 6.85. The average Bonchev–Trinajstić information content (AvgIpc) is 2.44. The lowest BCUT2D eigenvalue weighted by molar-refractivity contribution is 0.0875. The number of methoxy groups -OCH3 is 1. The zero-order valence-electron chi connectivity index (χ0n) is 12.0. The first-order chi connectivity index (χ1) is 9.33. The van der Waals surface area contributed by atoms with E-state index in [-0.39, 0.29) is 6.10 Å². The van der Waals surface area contributed by atoms with E-state index in [1.165, 1.54) is 5.56 Å². The van der Waals surface area contributed by atoms with E-state index >= 15 is 0 Å². The lowest BCUT2D eigenvalue weighted by Gasteiger charge is -2.12. The first-order valence-electron chi connectivity index (χ1n) is 6.85. The van der Waals surface area contributed by atoms with Crippen molar-refractivity contribution < 1.29 is 9.47 Å². The zero-order chi connectivity index (χ0) is 13.8. The van der Waals surface area contributed by atoms with Crippen molar-refractivity contribution in [2.24, 2.45) is 0 Å². The van der Waals surface area contributed by atoms with E-state index in [2.05, 4.69) is 36.5 Å². The molecule has 0 aliphatic rings. The summed E-state index contributed by atoms with van der Waals surface area (Å²) in [5.74, 6) is 0. The summed E-state index contributed by atoms with van der Waals surface area (Å²) >= 11 is 0. The number of hydrogen-bond donors (Lipinski definition) is 1. The molecule has 0 saturated carbocycles. The molecule has 0 aliphatic carbocycles. The van der Waals surface area contributed by atoms with Gasteiger partial charge < -0.3 is 14.8 Å². The van der Waals surface area contributed by atoms with Gasteiger partial charge in [-0.1, -0.05) is 42.5 Å². The molecule has 0 bridgehead atoms. The summed E-state index contributed by atoms with van der Waals surface area (Å²) in [6.07, 6.45) is 5.40. The van der Waals surface area contributed by atoms with E-state index in [1.807, 2.05) is 18.2 Å². The average molecular weight is 263 g/mol. The van der Waals surface area contributed by atoms with Crippen LogP contribution >= 0.6 is 0 Å².